The van der Waals surface area contributed by atoms with Crippen LogP contribution in [0.15, 0.2) is 83.8 Å². The van der Waals surface area contributed by atoms with Gasteiger partial charge in [-0.15, -0.1) is 0 Å². The van der Waals surface area contributed by atoms with Crippen LogP contribution in [-0.4, -0.2) is 26.6 Å². The normalized spacial score (nSPS) is 11.1. The summed E-state index contributed by atoms with van der Waals surface area (Å²) in [5.41, 5.74) is 1.32. The smallest absolute Gasteiger partial charge is 0.261 e. The Bertz CT molecular complexity index is 1110. The van der Waals surface area contributed by atoms with Crippen molar-refractivity contribution in [1.29, 1.82) is 0 Å². The summed E-state index contributed by atoms with van der Waals surface area (Å²) in [6.07, 6.45) is 0. The summed E-state index contributed by atoms with van der Waals surface area (Å²) >= 11 is 1.51. The lowest BCUT2D eigenvalue weighted by Crippen LogP contribution is -2.26. The highest BCUT2D eigenvalue weighted by atomic mass is 32.2. The zero-order valence-corrected chi connectivity index (χ0v) is 17.7. The zero-order chi connectivity index (χ0) is 21.4. The Morgan fingerprint density at radius 2 is 1.67 bits per heavy atom. The van der Waals surface area contributed by atoms with Crippen LogP contribution in [-0.2, 0) is 15.8 Å². The van der Waals surface area contributed by atoms with Gasteiger partial charge in [-0.3, -0.25) is 9.52 Å². The fourth-order valence-electron chi connectivity index (χ4n) is 2.66. The third kappa shape index (κ3) is 6.08. The molecule has 1 amide bonds. The number of halogens is 1. The van der Waals surface area contributed by atoms with Crippen molar-refractivity contribution in [2.75, 3.05) is 17.0 Å². The van der Waals surface area contributed by atoms with Crippen molar-refractivity contribution in [1.82, 2.24) is 5.32 Å². The van der Waals surface area contributed by atoms with Crippen LogP contribution in [0.5, 0.6) is 0 Å². The van der Waals surface area contributed by atoms with E-state index in [1.807, 2.05) is 0 Å². The number of nitrogens with one attached hydrogen (secondary N) is 2. The molecule has 3 rings (SSSR count). The van der Waals surface area contributed by atoms with Crippen molar-refractivity contribution in [2.45, 2.75) is 10.6 Å². The van der Waals surface area contributed by atoms with E-state index in [0.717, 1.165) is 0 Å². The summed E-state index contributed by atoms with van der Waals surface area (Å²) in [5.74, 6) is 0.518. The number of rotatable bonds is 9. The molecule has 0 saturated heterocycles. The highest BCUT2D eigenvalue weighted by molar-refractivity contribution is 7.98. The van der Waals surface area contributed by atoms with Gasteiger partial charge in [0.05, 0.1) is 4.90 Å². The van der Waals surface area contributed by atoms with Gasteiger partial charge in [0, 0.05) is 29.3 Å². The fraction of sp³-hybridized carbons (Fsp3) is 0.136. The number of benzene rings is 3. The van der Waals surface area contributed by atoms with Crippen molar-refractivity contribution >= 4 is 33.4 Å². The summed E-state index contributed by atoms with van der Waals surface area (Å²) in [4.78, 5) is 12.4. The first-order valence-corrected chi connectivity index (χ1v) is 11.9. The number of carbonyl (C=O) groups excluding carboxylic acids is 1. The minimum atomic E-state index is -3.80. The molecule has 0 bridgehead atoms. The van der Waals surface area contributed by atoms with E-state index in [2.05, 4.69) is 10.0 Å². The van der Waals surface area contributed by atoms with Crippen LogP contribution in [0.1, 0.15) is 15.9 Å². The van der Waals surface area contributed by atoms with Crippen molar-refractivity contribution in [2.24, 2.45) is 0 Å². The molecule has 0 unspecified atom stereocenters. The summed E-state index contributed by atoms with van der Waals surface area (Å²) in [5, 5.41) is 2.76. The van der Waals surface area contributed by atoms with E-state index in [-0.39, 0.29) is 22.2 Å². The highest BCUT2D eigenvalue weighted by Gasteiger charge is 2.16. The number of amides is 1. The summed E-state index contributed by atoms with van der Waals surface area (Å²) in [7, 11) is -3.80. The van der Waals surface area contributed by atoms with Gasteiger partial charge in [-0.1, -0.05) is 42.5 Å². The van der Waals surface area contributed by atoms with Crippen LogP contribution < -0.4 is 10.0 Å². The van der Waals surface area contributed by atoms with Gasteiger partial charge in [-0.25, -0.2) is 12.8 Å². The van der Waals surface area contributed by atoms with Gasteiger partial charge in [-0.05, 0) is 42.0 Å². The van der Waals surface area contributed by atoms with Crippen LogP contribution in [0.2, 0.25) is 0 Å². The summed E-state index contributed by atoms with van der Waals surface area (Å²) in [6, 6.07) is 21.0. The molecular formula is C22H21FN2O3S2. The maximum absolute atomic E-state index is 13.6. The number of carbonyl (C=O) groups is 1. The Kier molecular flexibility index (Phi) is 7.48. The molecule has 0 heterocycles. The van der Waals surface area contributed by atoms with Crippen molar-refractivity contribution in [3.05, 3.63) is 95.8 Å². The van der Waals surface area contributed by atoms with E-state index in [9.17, 15) is 17.6 Å². The van der Waals surface area contributed by atoms with Crippen LogP contribution in [0.3, 0.4) is 0 Å². The molecular weight excluding hydrogens is 423 g/mol. The van der Waals surface area contributed by atoms with Crippen LogP contribution in [0.25, 0.3) is 0 Å². The molecule has 0 aliphatic heterocycles. The molecule has 156 valence electrons. The number of para-hydroxylation sites is 1. The second-order valence-corrected chi connectivity index (χ2v) is 9.19. The molecule has 5 nitrogen and oxygen atoms in total. The average molecular weight is 445 g/mol. The molecule has 3 aromatic rings. The first-order chi connectivity index (χ1) is 14.5. The second kappa shape index (κ2) is 10.3. The van der Waals surface area contributed by atoms with Gasteiger partial charge in [0.25, 0.3) is 15.9 Å². The van der Waals surface area contributed by atoms with Crippen LogP contribution in [0.4, 0.5) is 10.1 Å². The number of anilines is 1. The number of hydrogen-bond acceptors (Lipinski definition) is 4. The molecule has 0 aliphatic carbocycles. The molecule has 0 saturated carbocycles. The molecule has 0 aromatic heterocycles. The average Bonchev–Trinajstić information content (AvgIpc) is 2.75. The predicted molar refractivity (Wildman–Crippen MR) is 119 cm³/mol. The van der Waals surface area contributed by atoms with E-state index in [1.54, 1.807) is 54.6 Å². The fourth-order valence-corrected chi connectivity index (χ4v) is 4.61. The third-order valence-electron chi connectivity index (χ3n) is 4.18. The molecule has 0 aliphatic rings. The Labute approximate surface area is 179 Å². The van der Waals surface area contributed by atoms with Gasteiger partial charge < -0.3 is 5.32 Å². The molecule has 0 radical (unpaired) electrons. The Morgan fingerprint density at radius 1 is 0.933 bits per heavy atom. The largest absolute Gasteiger partial charge is 0.351 e. The lowest BCUT2D eigenvalue weighted by molar-refractivity contribution is 0.0956. The van der Waals surface area contributed by atoms with Gasteiger partial charge in [-0.2, -0.15) is 11.8 Å². The lowest BCUT2D eigenvalue weighted by Gasteiger charge is -2.10. The summed E-state index contributed by atoms with van der Waals surface area (Å²) < 4.78 is 41.2. The maximum atomic E-state index is 13.6. The van der Waals surface area contributed by atoms with Crippen molar-refractivity contribution < 1.29 is 17.6 Å². The molecule has 3 aromatic carbocycles. The van der Waals surface area contributed by atoms with Gasteiger partial charge in [0.1, 0.15) is 5.82 Å². The van der Waals surface area contributed by atoms with Crippen molar-refractivity contribution in [3.8, 4) is 0 Å². The van der Waals surface area contributed by atoms with Crippen molar-refractivity contribution in [3.63, 3.8) is 0 Å². The number of hydrogen-bond donors (Lipinski definition) is 2. The predicted octanol–water partition coefficient (Wildman–Crippen LogP) is 4.29. The van der Waals surface area contributed by atoms with E-state index in [0.29, 0.717) is 29.3 Å². The van der Waals surface area contributed by atoms with E-state index in [4.69, 9.17) is 0 Å². The van der Waals surface area contributed by atoms with E-state index in [1.165, 1.54) is 36.0 Å². The second-order valence-electron chi connectivity index (χ2n) is 6.40. The zero-order valence-electron chi connectivity index (χ0n) is 16.0. The molecule has 30 heavy (non-hydrogen) atoms. The van der Waals surface area contributed by atoms with Crippen LogP contribution >= 0.6 is 11.8 Å². The maximum Gasteiger partial charge on any atom is 0.261 e. The number of sulfonamides is 1. The third-order valence-corrected chi connectivity index (χ3v) is 6.57. The van der Waals surface area contributed by atoms with Gasteiger partial charge in [0.2, 0.25) is 0 Å². The molecule has 0 fully saturated rings. The van der Waals surface area contributed by atoms with Gasteiger partial charge in [0.15, 0.2) is 0 Å². The van der Waals surface area contributed by atoms with Gasteiger partial charge >= 0.3 is 0 Å². The minimum absolute atomic E-state index is 0.00734. The first-order valence-electron chi connectivity index (χ1n) is 9.23. The van der Waals surface area contributed by atoms with E-state index < -0.39 is 10.0 Å². The topological polar surface area (TPSA) is 75.3 Å². The standard InChI is InChI=1S/C22H21FN2O3S2/c23-21-12-5-4-7-18(21)16-29-14-13-24-22(26)17-8-6-11-20(15-17)30(27,28)25-19-9-2-1-3-10-19/h1-12,15,25H,13-14,16H2,(H,24,26). The molecule has 2 N–H and O–H groups in total. The lowest BCUT2D eigenvalue weighted by atomic mass is 10.2. The Morgan fingerprint density at radius 3 is 2.43 bits per heavy atom. The quantitative estimate of drug-likeness (QED) is 0.483. The SMILES string of the molecule is O=C(NCCSCc1ccccc1F)c1cccc(S(=O)(=O)Nc2ccccc2)c1. The number of thioether (sulfide) groups is 1. The molecule has 0 spiro atoms. The Balaban J connectivity index is 1.53. The Hall–Kier alpha value is -2.84. The van der Waals surface area contributed by atoms with Crippen LogP contribution in [0, 0.1) is 5.82 Å². The first kappa shape index (κ1) is 21.9. The highest BCUT2D eigenvalue weighted by Crippen LogP contribution is 2.17. The monoisotopic (exact) mass is 444 g/mol. The molecule has 0 atom stereocenters. The molecule has 8 heteroatoms. The minimum Gasteiger partial charge on any atom is -0.351 e. The summed E-state index contributed by atoms with van der Waals surface area (Å²) in [6.45, 7) is 0.386. The van der Waals surface area contributed by atoms with E-state index >= 15 is 0 Å².